The standard InChI is InChI=1S/C10H13ClN2O2/c1-15-7-8(6-11)13-10(14)9-4-2-3-5-12-9/h2-5,8H,6-7H2,1H3,(H,13,14). The highest BCUT2D eigenvalue weighted by atomic mass is 35.5. The summed E-state index contributed by atoms with van der Waals surface area (Å²) in [4.78, 5) is 15.5. The number of hydrogen-bond donors (Lipinski definition) is 1. The molecular weight excluding hydrogens is 216 g/mol. The van der Waals surface area contributed by atoms with Gasteiger partial charge in [0.05, 0.1) is 12.6 Å². The maximum atomic E-state index is 11.6. The Balaban J connectivity index is 2.55. The van der Waals surface area contributed by atoms with E-state index in [0.29, 0.717) is 18.2 Å². The number of halogens is 1. The molecule has 0 bridgehead atoms. The molecule has 0 aliphatic rings. The second-order valence-electron chi connectivity index (χ2n) is 3.00. The van der Waals surface area contributed by atoms with Crippen LogP contribution in [0.1, 0.15) is 10.5 Å². The number of methoxy groups -OCH3 is 1. The van der Waals surface area contributed by atoms with Crippen molar-refractivity contribution >= 4 is 17.5 Å². The first-order chi connectivity index (χ1) is 7.27. The van der Waals surface area contributed by atoms with E-state index in [9.17, 15) is 4.79 Å². The Kier molecular flexibility index (Phi) is 5.07. The van der Waals surface area contributed by atoms with Gasteiger partial charge in [0.1, 0.15) is 5.69 Å². The molecule has 0 aliphatic heterocycles. The summed E-state index contributed by atoms with van der Waals surface area (Å²) in [7, 11) is 1.56. The first-order valence-electron chi connectivity index (χ1n) is 4.54. The van der Waals surface area contributed by atoms with E-state index in [-0.39, 0.29) is 11.9 Å². The number of hydrogen-bond acceptors (Lipinski definition) is 3. The van der Waals surface area contributed by atoms with Crippen molar-refractivity contribution in [2.75, 3.05) is 19.6 Å². The third kappa shape index (κ3) is 3.85. The van der Waals surface area contributed by atoms with Gasteiger partial charge in [-0.3, -0.25) is 9.78 Å². The average Bonchev–Trinajstić information content (AvgIpc) is 2.29. The van der Waals surface area contributed by atoms with E-state index >= 15 is 0 Å². The highest BCUT2D eigenvalue weighted by Gasteiger charge is 2.12. The van der Waals surface area contributed by atoms with Crippen LogP contribution in [-0.2, 0) is 4.74 Å². The van der Waals surface area contributed by atoms with Crippen molar-refractivity contribution in [3.63, 3.8) is 0 Å². The molecule has 1 rings (SSSR count). The van der Waals surface area contributed by atoms with Gasteiger partial charge in [-0.1, -0.05) is 6.07 Å². The first-order valence-corrected chi connectivity index (χ1v) is 5.08. The molecule has 1 N–H and O–H groups in total. The van der Waals surface area contributed by atoms with Gasteiger partial charge < -0.3 is 10.1 Å². The van der Waals surface area contributed by atoms with E-state index in [4.69, 9.17) is 16.3 Å². The molecule has 0 fully saturated rings. The molecule has 0 saturated carbocycles. The summed E-state index contributed by atoms with van der Waals surface area (Å²) in [5, 5.41) is 2.73. The van der Waals surface area contributed by atoms with Gasteiger partial charge in [0.25, 0.3) is 5.91 Å². The Bertz CT molecular complexity index is 306. The zero-order valence-corrected chi connectivity index (χ0v) is 9.20. The molecule has 0 radical (unpaired) electrons. The van der Waals surface area contributed by atoms with Gasteiger partial charge in [0.15, 0.2) is 0 Å². The molecule has 0 aromatic carbocycles. The number of nitrogens with one attached hydrogen (secondary N) is 1. The van der Waals surface area contributed by atoms with Crippen LogP contribution >= 0.6 is 11.6 Å². The van der Waals surface area contributed by atoms with E-state index in [0.717, 1.165) is 0 Å². The Hall–Kier alpha value is -1.13. The molecule has 1 atom stereocenters. The minimum absolute atomic E-state index is 0.189. The predicted molar refractivity (Wildman–Crippen MR) is 58.1 cm³/mol. The van der Waals surface area contributed by atoms with Crippen molar-refractivity contribution in [3.8, 4) is 0 Å². The zero-order chi connectivity index (χ0) is 11.1. The van der Waals surface area contributed by atoms with Crippen LogP contribution in [0.4, 0.5) is 0 Å². The van der Waals surface area contributed by atoms with Gasteiger partial charge in [0.2, 0.25) is 0 Å². The van der Waals surface area contributed by atoms with E-state index in [1.807, 2.05) is 0 Å². The minimum atomic E-state index is -0.238. The summed E-state index contributed by atoms with van der Waals surface area (Å²) in [5.74, 6) is 0.0742. The van der Waals surface area contributed by atoms with Crippen LogP contribution in [0.15, 0.2) is 24.4 Å². The quantitative estimate of drug-likeness (QED) is 0.767. The van der Waals surface area contributed by atoms with E-state index in [1.54, 1.807) is 31.5 Å². The van der Waals surface area contributed by atoms with Crippen molar-refractivity contribution in [2.24, 2.45) is 0 Å². The Morgan fingerprint density at radius 3 is 3.00 bits per heavy atom. The Morgan fingerprint density at radius 1 is 1.67 bits per heavy atom. The zero-order valence-electron chi connectivity index (χ0n) is 8.44. The predicted octanol–water partition coefficient (Wildman–Crippen LogP) is 1.07. The highest BCUT2D eigenvalue weighted by molar-refractivity contribution is 6.18. The molecule has 0 saturated heterocycles. The van der Waals surface area contributed by atoms with Crippen LogP contribution in [0.5, 0.6) is 0 Å². The van der Waals surface area contributed by atoms with E-state index in [1.165, 1.54) is 0 Å². The van der Waals surface area contributed by atoms with Gasteiger partial charge in [-0.15, -0.1) is 11.6 Å². The summed E-state index contributed by atoms with van der Waals surface area (Å²) in [6.07, 6.45) is 1.57. The molecule has 1 unspecified atom stereocenters. The molecule has 0 spiro atoms. The topological polar surface area (TPSA) is 51.2 Å². The van der Waals surface area contributed by atoms with Gasteiger partial charge in [0, 0.05) is 19.2 Å². The third-order valence-corrected chi connectivity index (χ3v) is 2.16. The number of carbonyl (C=O) groups is 1. The summed E-state index contributed by atoms with van der Waals surface area (Å²) in [6.45, 7) is 0.391. The lowest BCUT2D eigenvalue weighted by atomic mass is 10.3. The maximum Gasteiger partial charge on any atom is 0.270 e. The summed E-state index contributed by atoms with van der Waals surface area (Å²) in [5.41, 5.74) is 0.378. The lowest BCUT2D eigenvalue weighted by Gasteiger charge is -2.14. The second kappa shape index (κ2) is 6.37. The van der Waals surface area contributed by atoms with Crippen molar-refractivity contribution < 1.29 is 9.53 Å². The normalized spacial score (nSPS) is 12.1. The summed E-state index contributed by atoms with van der Waals surface area (Å²) < 4.78 is 4.91. The fourth-order valence-electron chi connectivity index (χ4n) is 1.08. The molecule has 1 aromatic rings. The lowest BCUT2D eigenvalue weighted by molar-refractivity contribution is 0.0902. The monoisotopic (exact) mass is 228 g/mol. The molecule has 82 valence electrons. The summed E-state index contributed by atoms with van der Waals surface area (Å²) >= 11 is 5.66. The van der Waals surface area contributed by atoms with Crippen molar-refractivity contribution in [3.05, 3.63) is 30.1 Å². The van der Waals surface area contributed by atoms with Gasteiger partial charge in [-0.05, 0) is 12.1 Å². The first kappa shape index (κ1) is 11.9. The molecule has 1 heterocycles. The van der Waals surface area contributed by atoms with Crippen molar-refractivity contribution in [2.45, 2.75) is 6.04 Å². The smallest absolute Gasteiger partial charge is 0.270 e. The Morgan fingerprint density at radius 2 is 2.47 bits per heavy atom. The Labute approximate surface area is 93.6 Å². The van der Waals surface area contributed by atoms with E-state index in [2.05, 4.69) is 10.3 Å². The molecule has 4 nitrogen and oxygen atoms in total. The second-order valence-corrected chi connectivity index (χ2v) is 3.30. The number of amides is 1. The third-order valence-electron chi connectivity index (χ3n) is 1.79. The van der Waals surface area contributed by atoms with Crippen molar-refractivity contribution in [1.29, 1.82) is 0 Å². The molecular formula is C10H13ClN2O2. The number of rotatable bonds is 5. The largest absolute Gasteiger partial charge is 0.383 e. The van der Waals surface area contributed by atoms with Crippen LogP contribution in [0.25, 0.3) is 0 Å². The number of nitrogens with zero attached hydrogens (tertiary/aromatic N) is 1. The number of carbonyl (C=O) groups excluding carboxylic acids is 1. The van der Waals surface area contributed by atoms with Crippen LogP contribution in [0.3, 0.4) is 0 Å². The van der Waals surface area contributed by atoms with Crippen LogP contribution < -0.4 is 5.32 Å². The highest BCUT2D eigenvalue weighted by Crippen LogP contribution is 1.96. The van der Waals surface area contributed by atoms with Gasteiger partial charge in [-0.25, -0.2) is 0 Å². The molecule has 5 heteroatoms. The maximum absolute atomic E-state index is 11.6. The van der Waals surface area contributed by atoms with Crippen LogP contribution in [0.2, 0.25) is 0 Å². The van der Waals surface area contributed by atoms with Gasteiger partial charge in [-0.2, -0.15) is 0 Å². The number of alkyl halides is 1. The van der Waals surface area contributed by atoms with E-state index < -0.39 is 0 Å². The van der Waals surface area contributed by atoms with Gasteiger partial charge >= 0.3 is 0 Å². The summed E-state index contributed by atoms with van der Waals surface area (Å²) in [6, 6.07) is 4.97. The fourth-order valence-corrected chi connectivity index (χ4v) is 1.25. The SMILES string of the molecule is COCC(CCl)NC(=O)c1ccccn1. The molecule has 1 amide bonds. The number of ether oxygens (including phenoxy) is 1. The number of aromatic nitrogens is 1. The van der Waals surface area contributed by atoms with Crippen LogP contribution in [-0.4, -0.2) is 36.5 Å². The van der Waals surface area contributed by atoms with Crippen molar-refractivity contribution in [1.82, 2.24) is 10.3 Å². The number of pyridine rings is 1. The van der Waals surface area contributed by atoms with Crippen LogP contribution in [0, 0.1) is 0 Å². The minimum Gasteiger partial charge on any atom is -0.383 e. The molecule has 15 heavy (non-hydrogen) atoms. The molecule has 0 aliphatic carbocycles. The fraction of sp³-hybridized carbons (Fsp3) is 0.400. The lowest BCUT2D eigenvalue weighted by Crippen LogP contribution is -2.39. The molecule has 1 aromatic heterocycles. The average molecular weight is 229 g/mol.